The lowest BCUT2D eigenvalue weighted by Crippen LogP contribution is -2.17. The van der Waals surface area contributed by atoms with Gasteiger partial charge in [0, 0.05) is 12.2 Å². The number of hydrogen-bond donors (Lipinski definition) is 2. The molecule has 2 aromatic heterocycles. The Hall–Kier alpha value is -2.04. The Labute approximate surface area is 105 Å². The van der Waals surface area contributed by atoms with Crippen LogP contribution in [-0.4, -0.2) is 20.7 Å². The van der Waals surface area contributed by atoms with Gasteiger partial charge in [0.05, 0.1) is 17.1 Å². The molecule has 0 aromatic carbocycles. The average Bonchev–Trinajstić information content (AvgIpc) is 3.01. The fourth-order valence-corrected chi connectivity index (χ4v) is 2.17. The van der Waals surface area contributed by atoms with E-state index in [0.717, 1.165) is 22.8 Å². The van der Waals surface area contributed by atoms with Crippen LogP contribution in [0.4, 0.5) is 5.69 Å². The second kappa shape index (κ2) is 4.01. The second-order valence-corrected chi connectivity index (χ2v) is 4.80. The minimum absolute atomic E-state index is 0.0699. The Morgan fingerprint density at radius 3 is 2.89 bits per heavy atom. The fourth-order valence-electron chi connectivity index (χ4n) is 2.17. The van der Waals surface area contributed by atoms with Gasteiger partial charge in [0.2, 0.25) is 0 Å². The number of amides is 1. The summed E-state index contributed by atoms with van der Waals surface area (Å²) in [7, 11) is 0. The van der Waals surface area contributed by atoms with Gasteiger partial charge in [-0.2, -0.15) is 5.10 Å². The molecule has 1 saturated carbocycles. The van der Waals surface area contributed by atoms with Gasteiger partial charge < -0.3 is 9.88 Å². The van der Waals surface area contributed by atoms with Crippen LogP contribution in [0.5, 0.6) is 0 Å². The van der Waals surface area contributed by atoms with Gasteiger partial charge in [-0.05, 0) is 38.8 Å². The average molecular weight is 244 g/mol. The molecule has 18 heavy (non-hydrogen) atoms. The fraction of sp³-hybridized carbons (Fsp3) is 0.385. The molecule has 94 valence electrons. The molecule has 3 rings (SSSR count). The van der Waals surface area contributed by atoms with E-state index in [9.17, 15) is 4.79 Å². The van der Waals surface area contributed by atoms with Gasteiger partial charge in [-0.15, -0.1) is 0 Å². The van der Waals surface area contributed by atoms with Crippen LogP contribution in [0, 0.1) is 13.8 Å². The van der Waals surface area contributed by atoms with E-state index in [2.05, 4.69) is 20.1 Å². The monoisotopic (exact) mass is 244 g/mol. The zero-order valence-corrected chi connectivity index (χ0v) is 10.5. The molecule has 1 amide bonds. The summed E-state index contributed by atoms with van der Waals surface area (Å²) in [6, 6.07) is 4.29. The Morgan fingerprint density at radius 2 is 2.28 bits per heavy atom. The number of anilines is 1. The zero-order valence-electron chi connectivity index (χ0n) is 10.5. The maximum absolute atomic E-state index is 12.3. The zero-order chi connectivity index (χ0) is 12.7. The van der Waals surface area contributed by atoms with Crippen molar-refractivity contribution in [3.8, 4) is 0 Å². The summed E-state index contributed by atoms with van der Waals surface area (Å²) >= 11 is 0. The largest absolute Gasteiger partial charge is 0.340 e. The summed E-state index contributed by atoms with van der Waals surface area (Å²) in [5, 5.41) is 9.87. The van der Waals surface area contributed by atoms with Crippen molar-refractivity contribution in [3.05, 3.63) is 35.4 Å². The molecule has 1 fully saturated rings. The number of nitrogens with one attached hydrogen (secondary N) is 2. The van der Waals surface area contributed by atoms with Crippen LogP contribution in [0.1, 0.15) is 40.8 Å². The summed E-state index contributed by atoms with van der Waals surface area (Å²) in [5.74, 6) is -0.0699. The van der Waals surface area contributed by atoms with Gasteiger partial charge in [0.25, 0.3) is 5.91 Å². The van der Waals surface area contributed by atoms with Crippen molar-refractivity contribution in [2.75, 3.05) is 5.32 Å². The molecule has 0 aliphatic heterocycles. The Balaban J connectivity index is 1.84. The number of carbonyl (C=O) groups excluding carboxylic acids is 1. The lowest BCUT2D eigenvalue weighted by molar-refractivity contribution is 0.101. The molecule has 0 bridgehead atoms. The van der Waals surface area contributed by atoms with E-state index in [1.165, 1.54) is 12.8 Å². The molecule has 2 N–H and O–H groups in total. The summed E-state index contributed by atoms with van der Waals surface area (Å²) in [4.78, 5) is 12.3. The normalized spacial score (nSPS) is 14.8. The molecule has 5 heteroatoms. The molecule has 2 aromatic rings. The predicted octanol–water partition coefficient (Wildman–Crippen LogP) is 2.42. The highest BCUT2D eigenvalue weighted by Gasteiger charge is 2.27. The number of hydrogen-bond acceptors (Lipinski definition) is 2. The molecule has 0 atom stereocenters. The summed E-state index contributed by atoms with van der Waals surface area (Å²) in [6.07, 6.45) is 4.30. The third-order valence-corrected chi connectivity index (χ3v) is 3.32. The highest BCUT2D eigenvalue weighted by molar-refractivity contribution is 6.03. The Kier molecular flexibility index (Phi) is 2.47. The van der Waals surface area contributed by atoms with Gasteiger partial charge in [0.15, 0.2) is 0 Å². The molecule has 2 heterocycles. The van der Waals surface area contributed by atoms with Crippen LogP contribution < -0.4 is 5.32 Å². The number of carbonyl (C=O) groups is 1. The number of aromatic amines is 1. The van der Waals surface area contributed by atoms with Gasteiger partial charge >= 0.3 is 0 Å². The lowest BCUT2D eigenvalue weighted by atomic mass is 10.3. The number of aryl methyl sites for hydroxylation is 2. The number of nitrogens with zero attached hydrogens (tertiary/aromatic N) is 2. The Morgan fingerprint density at radius 1 is 1.50 bits per heavy atom. The topological polar surface area (TPSA) is 62.7 Å². The minimum Gasteiger partial charge on any atom is -0.340 e. The van der Waals surface area contributed by atoms with Crippen LogP contribution in [0.15, 0.2) is 18.3 Å². The first-order chi connectivity index (χ1) is 8.66. The second-order valence-electron chi connectivity index (χ2n) is 4.80. The Bertz CT molecular complexity index is 572. The summed E-state index contributed by atoms with van der Waals surface area (Å²) < 4.78 is 2.06. The van der Waals surface area contributed by atoms with E-state index in [-0.39, 0.29) is 5.91 Å². The SMILES string of the molecule is Cc1n[nH]c(C)c1NC(=O)c1cccn1C1CC1. The molecule has 1 aliphatic carbocycles. The molecule has 0 radical (unpaired) electrons. The van der Waals surface area contributed by atoms with Crippen molar-refractivity contribution in [2.45, 2.75) is 32.7 Å². The quantitative estimate of drug-likeness (QED) is 0.871. The van der Waals surface area contributed by atoms with Crippen molar-refractivity contribution in [3.63, 3.8) is 0 Å². The minimum atomic E-state index is -0.0699. The summed E-state index contributed by atoms with van der Waals surface area (Å²) in [6.45, 7) is 3.77. The van der Waals surface area contributed by atoms with E-state index in [1.807, 2.05) is 32.2 Å². The highest BCUT2D eigenvalue weighted by atomic mass is 16.2. The molecule has 0 saturated heterocycles. The third kappa shape index (κ3) is 1.81. The maximum atomic E-state index is 12.3. The molecule has 0 unspecified atom stereocenters. The van der Waals surface area contributed by atoms with Crippen molar-refractivity contribution in [1.82, 2.24) is 14.8 Å². The van der Waals surface area contributed by atoms with E-state index >= 15 is 0 Å². The van der Waals surface area contributed by atoms with Gasteiger partial charge in [-0.25, -0.2) is 0 Å². The van der Waals surface area contributed by atoms with E-state index in [1.54, 1.807) is 0 Å². The standard InChI is InChI=1S/C13H16N4O/c1-8-12(9(2)16-15-8)14-13(18)11-4-3-7-17(11)10-5-6-10/h3-4,7,10H,5-6H2,1-2H3,(H,14,18)(H,15,16). The van der Waals surface area contributed by atoms with Gasteiger partial charge in [0.1, 0.15) is 5.69 Å². The first-order valence-electron chi connectivity index (χ1n) is 6.16. The van der Waals surface area contributed by atoms with Crippen molar-refractivity contribution >= 4 is 11.6 Å². The molecular formula is C13H16N4O. The van der Waals surface area contributed by atoms with E-state index < -0.39 is 0 Å². The smallest absolute Gasteiger partial charge is 0.272 e. The molecule has 1 aliphatic rings. The predicted molar refractivity (Wildman–Crippen MR) is 68.7 cm³/mol. The van der Waals surface area contributed by atoms with Crippen molar-refractivity contribution < 1.29 is 4.79 Å². The van der Waals surface area contributed by atoms with Gasteiger partial charge in [-0.1, -0.05) is 0 Å². The maximum Gasteiger partial charge on any atom is 0.272 e. The van der Waals surface area contributed by atoms with Crippen LogP contribution in [0.25, 0.3) is 0 Å². The number of rotatable bonds is 3. The summed E-state index contributed by atoms with van der Waals surface area (Å²) in [5.41, 5.74) is 3.19. The van der Waals surface area contributed by atoms with Crippen LogP contribution >= 0.6 is 0 Å². The molecule has 5 nitrogen and oxygen atoms in total. The van der Waals surface area contributed by atoms with Crippen LogP contribution in [0.2, 0.25) is 0 Å². The van der Waals surface area contributed by atoms with Gasteiger partial charge in [-0.3, -0.25) is 9.89 Å². The van der Waals surface area contributed by atoms with Crippen molar-refractivity contribution in [2.24, 2.45) is 0 Å². The first kappa shape index (κ1) is 11.1. The third-order valence-electron chi connectivity index (χ3n) is 3.32. The van der Waals surface area contributed by atoms with E-state index in [4.69, 9.17) is 0 Å². The first-order valence-corrected chi connectivity index (χ1v) is 6.16. The van der Waals surface area contributed by atoms with Crippen LogP contribution in [0.3, 0.4) is 0 Å². The van der Waals surface area contributed by atoms with Crippen LogP contribution in [-0.2, 0) is 0 Å². The highest BCUT2D eigenvalue weighted by Crippen LogP contribution is 2.36. The van der Waals surface area contributed by atoms with Crippen molar-refractivity contribution in [1.29, 1.82) is 0 Å². The number of aromatic nitrogens is 3. The number of H-pyrrole nitrogens is 1. The lowest BCUT2D eigenvalue weighted by Gasteiger charge is -2.08. The molecular weight excluding hydrogens is 228 g/mol. The van der Waals surface area contributed by atoms with E-state index in [0.29, 0.717) is 6.04 Å². The molecule has 0 spiro atoms.